The number of rotatable bonds is 10. The quantitative estimate of drug-likeness (QED) is 0.525. The minimum atomic E-state index is -3.35. The fraction of sp³-hybridized carbons (Fsp3) is 0.280. The normalized spacial score (nSPS) is 12.8. The van der Waals surface area contributed by atoms with Crippen LogP contribution >= 0.6 is 0 Å². The first-order chi connectivity index (χ1) is 14.1. The van der Waals surface area contributed by atoms with Crippen LogP contribution in [-0.4, -0.2) is 26.8 Å². The Balaban J connectivity index is 1.62. The van der Waals surface area contributed by atoms with E-state index in [1.807, 2.05) is 78.9 Å². The van der Waals surface area contributed by atoms with Gasteiger partial charge in [-0.15, -0.1) is 0 Å². The van der Waals surface area contributed by atoms with Gasteiger partial charge in [0.25, 0.3) is 0 Å². The van der Waals surface area contributed by atoms with Gasteiger partial charge in [0.2, 0.25) is 0 Å². The second-order valence-corrected chi connectivity index (χ2v) is 9.65. The Morgan fingerprint density at radius 3 is 1.76 bits per heavy atom. The molecular weight excluding hydrogens is 378 g/mol. The smallest absolute Gasteiger partial charge is 0.162 e. The lowest BCUT2D eigenvalue weighted by Crippen LogP contribution is -2.32. The largest absolute Gasteiger partial charge is 0.313 e. The van der Waals surface area contributed by atoms with Gasteiger partial charge in [-0.2, -0.15) is 0 Å². The molecule has 1 unspecified atom stereocenters. The molecule has 3 aromatic rings. The maximum absolute atomic E-state index is 13.3. The van der Waals surface area contributed by atoms with E-state index in [1.165, 1.54) is 5.56 Å². The SMILES string of the molecule is CC(CCc1ccccc1)NCCS(=O)(=O)C(c1ccccc1)c1ccccc1. The van der Waals surface area contributed by atoms with E-state index in [0.717, 1.165) is 24.0 Å². The summed E-state index contributed by atoms with van der Waals surface area (Å²) in [6, 6.07) is 29.6. The Kier molecular flexibility index (Phi) is 7.62. The fourth-order valence-electron chi connectivity index (χ4n) is 3.56. The van der Waals surface area contributed by atoms with Crippen LogP contribution in [0.2, 0.25) is 0 Å². The highest BCUT2D eigenvalue weighted by molar-refractivity contribution is 7.91. The summed E-state index contributed by atoms with van der Waals surface area (Å²) >= 11 is 0. The molecule has 0 aliphatic carbocycles. The Bertz CT molecular complexity index is 918. The third kappa shape index (κ3) is 6.28. The Labute approximate surface area is 174 Å². The second kappa shape index (κ2) is 10.4. The molecule has 0 aliphatic heterocycles. The van der Waals surface area contributed by atoms with Crippen LogP contribution in [0, 0.1) is 0 Å². The molecule has 0 amide bonds. The molecule has 0 saturated carbocycles. The van der Waals surface area contributed by atoms with Crippen LogP contribution in [0.3, 0.4) is 0 Å². The van der Waals surface area contributed by atoms with E-state index in [2.05, 4.69) is 24.4 Å². The van der Waals surface area contributed by atoms with Gasteiger partial charge in [-0.1, -0.05) is 91.0 Å². The summed E-state index contributed by atoms with van der Waals surface area (Å²) in [4.78, 5) is 0. The number of sulfone groups is 1. The summed E-state index contributed by atoms with van der Waals surface area (Å²) in [5, 5.41) is 2.75. The lowest BCUT2D eigenvalue weighted by molar-refractivity contribution is 0.525. The minimum absolute atomic E-state index is 0.108. The van der Waals surface area contributed by atoms with Crippen molar-refractivity contribution in [2.45, 2.75) is 31.1 Å². The molecule has 0 radical (unpaired) electrons. The molecule has 0 saturated heterocycles. The van der Waals surface area contributed by atoms with Crippen LogP contribution in [-0.2, 0) is 16.3 Å². The van der Waals surface area contributed by atoms with Crippen molar-refractivity contribution >= 4 is 9.84 Å². The van der Waals surface area contributed by atoms with Gasteiger partial charge in [-0.25, -0.2) is 8.42 Å². The van der Waals surface area contributed by atoms with Crippen LogP contribution in [0.15, 0.2) is 91.0 Å². The van der Waals surface area contributed by atoms with Gasteiger partial charge in [0.05, 0.1) is 5.75 Å². The second-order valence-electron chi connectivity index (χ2n) is 7.45. The molecular formula is C25H29NO2S. The summed E-state index contributed by atoms with van der Waals surface area (Å²) in [7, 11) is -3.35. The van der Waals surface area contributed by atoms with Crippen molar-refractivity contribution in [3.05, 3.63) is 108 Å². The maximum Gasteiger partial charge on any atom is 0.162 e. The van der Waals surface area contributed by atoms with E-state index in [1.54, 1.807) is 0 Å². The van der Waals surface area contributed by atoms with Gasteiger partial charge in [0.1, 0.15) is 5.25 Å². The van der Waals surface area contributed by atoms with Crippen molar-refractivity contribution in [2.24, 2.45) is 0 Å². The molecule has 3 aromatic carbocycles. The summed E-state index contributed by atoms with van der Waals surface area (Å²) in [6.45, 7) is 2.57. The molecule has 0 aliphatic rings. The number of nitrogens with one attached hydrogen (secondary N) is 1. The highest BCUT2D eigenvalue weighted by Gasteiger charge is 2.28. The van der Waals surface area contributed by atoms with Gasteiger partial charge in [-0.3, -0.25) is 0 Å². The van der Waals surface area contributed by atoms with Gasteiger partial charge in [-0.05, 0) is 36.5 Å². The summed E-state index contributed by atoms with van der Waals surface area (Å²) in [6.07, 6.45) is 1.96. The number of hydrogen-bond donors (Lipinski definition) is 1. The van der Waals surface area contributed by atoms with E-state index in [4.69, 9.17) is 0 Å². The number of hydrogen-bond acceptors (Lipinski definition) is 3. The van der Waals surface area contributed by atoms with Crippen LogP contribution in [0.5, 0.6) is 0 Å². The predicted octanol–water partition coefficient (Wildman–Crippen LogP) is 4.80. The molecule has 0 heterocycles. The minimum Gasteiger partial charge on any atom is -0.313 e. The zero-order valence-electron chi connectivity index (χ0n) is 16.9. The third-order valence-electron chi connectivity index (χ3n) is 5.15. The number of benzene rings is 3. The van der Waals surface area contributed by atoms with Crippen molar-refractivity contribution < 1.29 is 8.42 Å². The van der Waals surface area contributed by atoms with Gasteiger partial charge >= 0.3 is 0 Å². The Morgan fingerprint density at radius 1 is 0.759 bits per heavy atom. The average Bonchev–Trinajstić information content (AvgIpc) is 2.74. The maximum atomic E-state index is 13.3. The molecule has 0 spiro atoms. The molecule has 152 valence electrons. The first-order valence-corrected chi connectivity index (χ1v) is 11.9. The van der Waals surface area contributed by atoms with Crippen molar-refractivity contribution in [3.8, 4) is 0 Å². The van der Waals surface area contributed by atoms with E-state index in [0.29, 0.717) is 6.54 Å². The van der Waals surface area contributed by atoms with Crippen LogP contribution < -0.4 is 5.32 Å². The van der Waals surface area contributed by atoms with Crippen molar-refractivity contribution in [3.63, 3.8) is 0 Å². The van der Waals surface area contributed by atoms with Crippen molar-refractivity contribution in [2.75, 3.05) is 12.3 Å². The molecule has 29 heavy (non-hydrogen) atoms. The molecule has 1 N–H and O–H groups in total. The predicted molar refractivity (Wildman–Crippen MR) is 121 cm³/mol. The molecule has 3 nitrogen and oxygen atoms in total. The van der Waals surface area contributed by atoms with Crippen LogP contribution in [0.4, 0.5) is 0 Å². The average molecular weight is 408 g/mol. The van der Waals surface area contributed by atoms with E-state index < -0.39 is 15.1 Å². The molecule has 4 heteroatoms. The van der Waals surface area contributed by atoms with Gasteiger partial charge in [0, 0.05) is 12.6 Å². The van der Waals surface area contributed by atoms with Crippen LogP contribution in [0.1, 0.15) is 35.3 Å². The highest BCUT2D eigenvalue weighted by Crippen LogP contribution is 2.30. The van der Waals surface area contributed by atoms with Crippen molar-refractivity contribution in [1.29, 1.82) is 0 Å². The fourth-order valence-corrected chi connectivity index (χ4v) is 5.34. The van der Waals surface area contributed by atoms with Gasteiger partial charge in [0.15, 0.2) is 9.84 Å². The molecule has 1 atom stereocenters. The summed E-state index contributed by atoms with van der Waals surface area (Å²) in [5.41, 5.74) is 2.94. The third-order valence-corrected chi connectivity index (χ3v) is 7.19. The van der Waals surface area contributed by atoms with Crippen LogP contribution in [0.25, 0.3) is 0 Å². The Morgan fingerprint density at radius 2 is 1.24 bits per heavy atom. The monoisotopic (exact) mass is 407 g/mol. The number of aryl methyl sites for hydroxylation is 1. The zero-order valence-corrected chi connectivity index (χ0v) is 17.7. The molecule has 0 fully saturated rings. The highest BCUT2D eigenvalue weighted by atomic mass is 32.2. The molecule has 0 bridgehead atoms. The standard InChI is InChI=1S/C25H29NO2S/c1-21(17-18-22-11-5-2-6-12-22)26-19-20-29(27,28)25(23-13-7-3-8-14-23)24-15-9-4-10-16-24/h2-16,21,25-26H,17-20H2,1H3. The summed E-state index contributed by atoms with van der Waals surface area (Å²) < 4.78 is 26.5. The molecule has 0 aromatic heterocycles. The topological polar surface area (TPSA) is 46.2 Å². The van der Waals surface area contributed by atoms with Gasteiger partial charge < -0.3 is 5.32 Å². The lowest BCUT2D eigenvalue weighted by atomic mass is 10.0. The van der Waals surface area contributed by atoms with E-state index >= 15 is 0 Å². The molecule has 3 rings (SSSR count). The Hall–Kier alpha value is -2.43. The first kappa shape index (κ1) is 21.3. The van der Waals surface area contributed by atoms with E-state index in [-0.39, 0.29) is 11.8 Å². The summed E-state index contributed by atoms with van der Waals surface area (Å²) in [5.74, 6) is 0.108. The van der Waals surface area contributed by atoms with Crippen molar-refractivity contribution in [1.82, 2.24) is 5.32 Å². The van der Waals surface area contributed by atoms with E-state index in [9.17, 15) is 8.42 Å². The first-order valence-electron chi connectivity index (χ1n) is 10.1. The zero-order chi connectivity index (χ0) is 20.5. The lowest BCUT2D eigenvalue weighted by Gasteiger charge is -2.20.